The maximum atomic E-state index is 12.5. The highest BCUT2D eigenvalue weighted by molar-refractivity contribution is 5.71. The fourth-order valence-electron chi connectivity index (χ4n) is 5.53. The zero-order valence-electron chi connectivity index (χ0n) is 31.3. The van der Waals surface area contributed by atoms with Gasteiger partial charge in [0.05, 0.1) is 0 Å². The minimum absolute atomic E-state index is 0.0866. The molecule has 0 aliphatic heterocycles. The summed E-state index contributed by atoms with van der Waals surface area (Å²) in [4.78, 5) is 37.3. The van der Waals surface area contributed by atoms with E-state index in [4.69, 9.17) is 14.2 Å². The third kappa shape index (κ3) is 35.0. The summed E-state index contributed by atoms with van der Waals surface area (Å²) in [6, 6.07) is 0. The normalized spacial score (nSPS) is 12.0. The first-order valence-electron chi connectivity index (χ1n) is 19.9. The summed E-state index contributed by atoms with van der Waals surface area (Å²) >= 11 is 0. The maximum absolute atomic E-state index is 12.5. The molecule has 0 saturated heterocycles. The minimum Gasteiger partial charge on any atom is -0.462 e. The van der Waals surface area contributed by atoms with Crippen molar-refractivity contribution in [2.75, 3.05) is 13.2 Å². The Bertz CT molecular complexity index is 817. The first kappa shape index (κ1) is 45.6. The average Bonchev–Trinajstić information content (AvgIpc) is 3.08. The van der Waals surface area contributed by atoms with Crippen molar-refractivity contribution in [2.45, 2.75) is 200 Å². The molecule has 0 aromatic rings. The van der Waals surface area contributed by atoms with Crippen LogP contribution in [-0.4, -0.2) is 37.2 Å². The van der Waals surface area contributed by atoms with E-state index in [2.05, 4.69) is 37.8 Å². The van der Waals surface area contributed by atoms with Crippen LogP contribution in [0.25, 0.3) is 0 Å². The highest BCUT2D eigenvalue weighted by Crippen LogP contribution is 2.13. The molecule has 6 heteroatoms. The minimum atomic E-state index is -0.779. The second kappa shape index (κ2) is 37.4. The Kier molecular flexibility index (Phi) is 35.6. The third-order valence-electron chi connectivity index (χ3n) is 8.58. The molecule has 0 rings (SSSR count). The predicted molar refractivity (Wildman–Crippen MR) is 201 cm³/mol. The molecule has 0 amide bonds. The molecule has 6 nitrogen and oxygen atoms in total. The molecule has 0 spiro atoms. The fraction of sp³-hybridized carbons (Fsp3) is 0.786. The predicted octanol–water partition coefficient (Wildman–Crippen LogP) is 12.2. The molecule has 278 valence electrons. The molecular formula is C42H74O6. The number of carbonyl (C=O) groups excluding carboxylic acids is 3. The van der Waals surface area contributed by atoms with Crippen molar-refractivity contribution < 1.29 is 28.6 Å². The van der Waals surface area contributed by atoms with Crippen LogP contribution in [0.1, 0.15) is 194 Å². The molecule has 0 heterocycles. The first-order chi connectivity index (χ1) is 23.5. The van der Waals surface area contributed by atoms with Gasteiger partial charge in [-0.2, -0.15) is 0 Å². The van der Waals surface area contributed by atoms with Crippen LogP contribution in [0.3, 0.4) is 0 Å². The van der Waals surface area contributed by atoms with E-state index in [-0.39, 0.29) is 31.1 Å². The highest BCUT2D eigenvalue weighted by atomic mass is 16.6. The van der Waals surface area contributed by atoms with Crippen LogP contribution < -0.4 is 0 Å². The van der Waals surface area contributed by atoms with Gasteiger partial charge >= 0.3 is 17.9 Å². The van der Waals surface area contributed by atoms with Gasteiger partial charge in [-0.05, 0) is 77.6 Å². The zero-order chi connectivity index (χ0) is 35.2. The van der Waals surface area contributed by atoms with Crippen molar-refractivity contribution in [3.05, 3.63) is 37.0 Å². The van der Waals surface area contributed by atoms with Crippen LogP contribution in [0.2, 0.25) is 0 Å². The average molecular weight is 675 g/mol. The molecule has 1 atom stereocenters. The Hall–Kier alpha value is -2.37. The van der Waals surface area contributed by atoms with Crippen LogP contribution in [0.5, 0.6) is 0 Å². The molecule has 0 aromatic heterocycles. The van der Waals surface area contributed by atoms with Gasteiger partial charge in [-0.25, -0.2) is 0 Å². The zero-order valence-corrected chi connectivity index (χ0v) is 31.3. The number of carbonyl (C=O) groups is 3. The first-order valence-corrected chi connectivity index (χ1v) is 19.9. The third-order valence-corrected chi connectivity index (χ3v) is 8.58. The van der Waals surface area contributed by atoms with Gasteiger partial charge in [0.25, 0.3) is 0 Å². The number of esters is 3. The van der Waals surface area contributed by atoms with Crippen molar-refractivity contribution in [3.8, 4) is 0 Å². The standard InChI is InChI=1S/C42H74O6/c1-4-7-10-13-16-18-19-20-21-22-23-24-27-29-32-35-41(44)47-38-39(48-42(45)36-33-30-25-15-12-9-6-3)37-46-40(43)34-31-28-26-17-14-11-8-5-2/h5-6,8,20-21,39H,3-4,7,9-19,22-38H2,1-2H3. The van der Waals surface area contributed by atoms with E-state index >= 15 is 0 Å². The second-order valence-corrected chi connectivity index (χ2v) is 13.3. The molecule has 0 aliphatic carbocycles. The molecule has 48 heavy (non-hydrogen) atoms. The summed E-state index contributed by atoms with van der Waals surface area (Å²) in [6.45, 7) is 7.87. The quantitative estimate of drug-likeness (QED) is 0.0285. The summed E-state index contributed by atoms with van der Waals surface area (Å²) in [7, 11) is 0. The molecule has 0 aromatic carbocycles. The Labute approximate surface area is 295 Å². The van der Waals surface area contributed by atoms with E-state index in [9.17, 15) is 14.4 Å². The van der Waals surface area contributed by atoms with E-state index in [0.717, 1.165) is 96.3 Å². The lowest BCUT2D eigenvalue weighted by atomic mass is 10.1. The van der Waals surface area contributed by atoms with Crippen LogP contribution in [0.15, 0.2) is 37.0 Å². The number of hydrogen-bond donors (Lipinski definition) is 0. The van der Waals surface area contributed by atoms with Gasteiger partial charge in [0, 0.05) is 19.3 Å². The lowest BCUT2D eigenvalue weighted by Crippen LogP contribution is -2.30. The second-order valence-electron chi connectivity index (χ2n) is 13.3. The summed E-state index contributed by atoms with van der Waals surface area (Å²) in [5.41, 5.74) is 0. The Morgan fingerprint density at radius 2 is 0.875 bits per heavy atom. The maximum Gasteiger partial charge on any atom is 0.306 e. The lowest BCUT2D eigenvalue weighted by Gasteiger charge is -2.18. The summed E-state index contributed by atoms with van der Waals surface area (Å²) in [6.07, 6.45) is 39.1. The van der Waals surface area contributed by atoms with Crippen LogP contribution in [0, 0.1) is 0 Å². The van der Waals surface area contributed by atoms with Crippen LogP contribution >= 0.6 is 0 Å². The van der Waals surface area contributed by atoms with Crippen molar-refractivity contribution in [3.63, 3.8) is 0 Å². The summed E-state index contributed by atoms with van der Waals surface area (Å²) < 4.78 is 16.5. The Morgan fingerprint density at radius 1 is 0.500 bits per heavy atom. The van der Waals surface area contributed by atoms with E-state index in [0.29, 0.717) is 19.3 Å². The molecule has 0 N–H and O–H groups in total. The van der Waals surface area contributed by atoms with Gasteiger partial charge in [-0.3, -0.25) is 14.4 Å². The van der Waals surface area contributed by atoms with E-state index in [1.807, 2.05) is 13.0 Å². The summed E-state index contributed by atoms with van der Waals surface area (Å²) in [5.74, 6) is -0.938. The van der Waals surface area contributed by atoms with Crippen molar-refractivity contribution in [1.29, 1.82) is 0 Å². The van der Waals surface area contributed by atoms with Crippen molar-refractivity contribution >= 4 is 17.9 Å². The van der Waals surface area contributed by atoms with Crippen molar-refractivity contribution in [1.82, 2.24) is 0 Å². The smallest absolute Gasteiger partial charge is 0.306 e. The number of unbranched alkanes of at least 4 members (excludes halogenated alkanes) is 21. The largest absolute Gasteiger partial charge is 0.462 e. The monoisotopic (exact) mass is 675 g/mol. The highest BCUT2D eigenvalue weighted by Gasteiger charge is 2.19. The topological polar surface area (TPSA) is 78.9 Å². The van der Waals surface area contributed by atoms with Crippen LogP contribution in [0.4, 0.5) is 0 Å². The Balaban J connectivity index is 4.27. The number of allylic oxidation sites excluding steroid dienone is 5. The summed E-state index contributed by atoms with van der Waals surface area (Å²) in [5, 5.41) is 0. The van der Waals surface area contributed by atoms with Gasteiger partial charge in [0.1, 0.15) is 13.2 Å². The van der Waals surface area contributed by atoms with Gasteiger partial charge in [0.15, 0.2) is 6.10 Å². The van der Waals surface area contributed by atoms with Gasteiger partial charge in [-0.15, -0.1) is 6.58 Å². The van der Waals surface area contributed by atoms with E-state index < -0.39 is 6.10 Å². The molecular weight excluding hydrogens is 600 g/mol. The Morgan fingerprint density at radius 3 is 1.31 bits per heavy atom. The van der Waals surface area contributed by atoms with Gasteiger partial charge in [0.2, 0.25) is 0 Å². The number of ether oxygens (including phenoxy) is 3. The molecule has 0 fully saturated rings. The molecule has 0 radical (unpaired) electrons. The van der Waals surface area contributed by atoms with E-state index in [1.54, 1.807) is 0 Å². The number of rotatable bonds is 36. The molecule has 0 bridgehead atoms. The van der Waals surface area contributed by atoms with Gasteiger partial charge in [-0.1, -0.05) is 127 Å². The number of hydrogen-bond acceptors (Lipinski definition) is 6. The molecule has 0 aliphatic rings. The van der Waals surface area contributed by atoms with E-state index in [1.165, 1.54) is 64.2 Å². The van der Waals surface area contributed by atoms with Gasteiger partial charge < -0.3 is 14.2 Å². The molecule has 0 saturated carbocycles. The van der Waals surface area contributed by atoms with Crippen LogP contribution in [-0.2, 0) is 28.6 Å². The SMILES string of the molecule is C=CCCCCCCCC(=O)OC(COC(=O)CCCCCCCC=CC)COC(=O)CCCCCCCC=CCCCCCCCC. The molecule has 1 unspecified atom stereocenters. The van der Waals surface area contributed by atoms with Crippen molar-refractivity contribution in [2.24, 2.45) is 0 Å². The fourth-order valence-corrected chi connectivity index (χ4v) is 5.53. The lowest BCUT2D eigenvalue weighted by molar-refractivity contribution is -0.167.